The van der Waals surface area contributed by atoms with Crippen LogP contribution in [0.2, 0.25) is 10.0 Å². The Labute approximate surface area is 208 Å². The first-order valence-electron chi connectivity index (χ1n) is 11.5. The number of hydrogen-bond acceptors (Lipinski definition) is 4. The first kappa shape index (κ1) is 24.8. The monoisotopic (exact) mass is 506 g/mol. The van der Waals surface area contributed by atoms with Crippen LogP contribution in [-0.2, 0) is 9.53 Å². The Morgan fingerprint density at radius 2 is 1.41 bits per heavy atom. The van der Waals surface area contributed by atoms with Gasteiger partial charge in [-0.2, -0.15) is 0 Å². The van der Waals surface area contributed by atoms with Gasteiger partial charge < -0.3 is 4.74 Å². The molecule has 2 aromatic heterocycles. The van der Waals surface area contributed by atoms with E-state index in [1.54, 1.807) is 6.92 Å². The zero-order valence-electron chi connectivity index (χ0n) is 18.9. The lowest BCUT2D eigenvalue weighted by atomic mass is 9.69. The minimum Gasteiger partial charge on any atom is -0.466 e. The third-order valence-electron chi connectivity index (χ3n) is 6.83. The summed E-state index contributed by atoms with van der Waals surface area (Å²) in [4.78, 5) is 20.6. The van der Waals surface area contributed by atoms with Gasteiger partial charge in [-0.25, -0.2) is 8.78 Å². The maximum absolute atomic E-state index is 14.3. The molecule has 0 spiro atoms. The molecule has 4 nitrogen and oxygen atoms in total. The highest BCUT2D eigenvalue weighted by Crippen LogP contribution is 2.44. The van der Waals surface area contributed by atoms with E-state index in [1.807, 2.05) is 12.2 Å². The van der Waals surface area contributed by atoms with Crippen molar-refractivity contribution in [1.82, 2.24) is 9.97 Å². The van der Waals surface area contributed by atoms with E-state index in [1.165, 1.54) is 24.8 Å². The van der Waals surface area contributed by atoms with Crippen LogP contribution < -0.4 is 0 Å². The van der Waals surface area contributed by atoms with E-state index >= 15 is 0 Å². The Bertz CT molecular complexity index is 1020. The van der Waals surface area contributed by atoms with Gasteiger partial charge in [0.1, 0.15) is 11.6 Å². The molecule has 2 atom stereocenters. The Morgan fingerprint density at radius 3 is 1.76 bits per heavy atom. The van der Waals surface area contributed by atoms with Crippen molar-refractivity contribution < 1.29 is 18.3 Å². The van der Waals surface area contributed by atoms with E-state index < -0.39 is 11.6 Å². The maximum Gasteiger partial charge on any atom is 0.309 e. The molecule has 2 aliphatic carbocycles. The fraction of sp³-hybridized carbons (Fsp3) is 0.423. The van der Waals surface area contributed by atoms with E-state index in [0.29, 0.717) is 53.5 Å². The molecule has 0 N–H and O–H groups in total. The molecule has 0 aromatic carbocycles. The number of nitrogens with zero attached hydrogens (tertiary/aromatic N) is 2. The number of hydrogen-bond donors (Lipinski definition) is 0. The third-order valence-corrected chi connectivity index (χ3v) is 7.40. The highest BCUT2D eigenvalue weighted by atomic mass is 35.5. The van der Waals surface area contributed by atoms with Crippen LogP contribution in [0.25, 0.3) is 11.1 Å². The predicted molar refractivity (Wildman–Crippen MR) is 129 cm³/mol. The quantitative estimate of drug-likeness (QED) is 0.385. The van der Waals surface area contributed by atoms with Gasteiger partial charge in [-0.05, 0) is 68.4 Å². The lowest BCUT2D eigenvalue weighted by Crippen LogP contribution is -2.34. The van der Waals surface area contributed by atoms with Crippen LogP contribution in [0.3, 0.4) is 0 Å². The number of rotatable bonds is 6. The second-order valence-electron chi connectivity index (χ2n) is 8.76. The van der Waals surface area contributed by atoms with Crippen molar-refractivity contribution in [2.24, 2.45) is 17.8 Å². The number of carbonyl (C=O) groups is 1. The fourth-order valence-corrected chi connectivity index (χ4v) is 5.80. The van der Waals surface area contributed by atoms with Gasteiger partial charge in [-0.1, -0.05) is 35.4 Å². The third kappa shape index (κ3) is 5.18. The number of allylic oxidation sites excluding steroid dienone is 4. The molecule has 2 aromatic rings. The molecule has 0 saturated heterocycles. The Morgan fingerprint density at radius 1 is 0.941 bits per heavy atom. The molecule has 4 rings (SSSR count). The van der Waals surface area contributed by atoms with Crippen LogP contribution in [0, 0.1) is 29.4 Å². The number of halogens is 4. The van der Waals surface area contributed by atoms with Crippen molar-refractivity contribution in [3.05, 3.63) is 69.7 Å². The summed E-state index contributed by atoms with van der Waals surface area (Å²) in [5.41, 5.74) is 2.48. The fourth-order valence-electron chi connectivity index (χ4n) is 5.26. The van der Waals surface area contributed by atoms with Crippen molar-refractivity contribution in [3.63, 3.8) is 0 Å². The Hall–Kier alpha value is -2.31. The summed E-state index contributed by atoms with van der Waals surface area (Å²) in [6, 6.07) is 0. The first-order valence-corrected chi connectivity index (χ1v) is 12.3. The lowest BCUT2D eigenvalue weighted by molar-refractivity contribution is -0.152. The Balaban J connectivity index is 1.54. The van der Waals surface area contributed by atoms with Crippen molar-refractivity contribution in [2.75, 3.05) is 6.61 Å². The molecule has 8 heteroatoms. The highest BCUT2D eigenvalue weighted by Gasteiger charge is 2.38. The SMILES string of the molecule is CCOC(=O)C(C1CC=C(c2c(F)cncc2Cl)CC1)C1CC=C(c2c(F)cncc2Cl)CC1. The van der Waals surface area contributed by atoms with Gasteiger partial charge in [0, 0.05) is 23.5 Å². The molecule has 2 unspecified atom stereocenters. The van der Waals surface area contributed by atoms with E-state index in [-0.39, 0.29) is 23.7 Å². The molecule has 0 fully saturated rings. The molecule has 2 heterocycles. The molecule has 0 saturated carbocycles. The summed E-state index contributed by atoms with van der Waals surface area (Å²) >= 11 is 12.4. The minimum absolute atomic E-state index is 0.0765. The van der Waals surface area contributed by atoms with E-state index in [9.17, 15) is 13.6 Å². The number of esters is 1. The minimum atomic E-state index is -0.439. The molecule has 2 aliphatic rings. The van der Waals surface area contributed by atoms with Gasteiger partial charge in [0.15, 0.2) is 0 Å². The smallest absolute Gasteiger partial charge is 0.309 e. The first-order chi connectivity index (χ1) is 16.4. The summed E-state index contributed by atoms with van der Waals surface area (Å²) < 4.78 is 34.1. The van der Waals surface area contributed by atoms with Gasteiger partial charge >= 0.3 is 5.97 Å². The topological polar surface area (TPSA) is 52.1 Å². The number of aromatic nitrogens is 2. The molecule has 0 radical (unpaired) electrons. The largest absolute Gasteiger partial charge is 0.466 e. The van der Waals surface area contributed by atoms with Crippen LogP contribution in [0.5, 0.6) is 0 Å². The highest BCUT2D eigenvalue weighted by molar-refractivity contribution is 6.32. The number of ether oxygens (including phenoxy) is 1. The molecule has 34 heavy (non-hydrogen) atoms. The van der Waals surface area contributed by atoms with Crippen molar-refractivity contribution in [2.45, 2.75) is 45.4 Å². The van der Waals surface area contributed by atoms with E-state index in [0.717, 1.165) is 24.0 Å². The van der Waals surface area contributed by atoms with Crippen molar-refractivity contribution in [3.8, 4) is 0 Å². The van der Waals surface area contributed by atoms with Crippen LogP contribution in [0.4, 0.5) is 8.78 Å². The van der Waals surface area contributed by atoms with Crippen LogP contribution in [0.15, 0.2) is 36.9 Å². The standard InChI is InChI=1S/C26H26Cl2F2N2O2/c1-2-34-26(33)23(15-3-7-17(8-4-15)24-19(27)11-31-13-21(24)29)16-5-9-18(10-6-16)25-20(28)12-32-14-22(25)30/h7,9,11-16,23H,2-6,8,10H2,1H3. The summed E-state index contributed by atoms with van der Waals surface area (Å²) in [7, 11) is 0. The average Bonchev–Trinajstić information content (AvgIpc) is 2.81. The van der Waals surface area contributed by atoms with E-state index in [2.05, 4.69) is 9.97 Å². The van der Waals surface area contributed by atoms with Gasteiger partial charge in [0.25, 0.3) is 0 Å². The van der Waals surface area contributed by atoms with Gasteiger partial charge in [-0.3, -0.25) is 14.8 Å². The molecule has 0 aliphatic heterocycles. The summed E-state index contributed by atoms with van der Waals surface area (Å²) in [5.74, 6) is -1.21. The van der Waals surface area contributed by atoms with Crippen molar-refractivity contribution >= 4 is 40.3 Å². The molecular weight excluding hydrogens is 481 g/mol. The number of pyridine rings is 2. The normalized spacial score (nSPS) is 21.4. The van der Waals surface area contributed by atoms with Crippen LogP contribution in [0.1, 0.15) is 56.6 Å². The van der Waals surface area contributed by atoms with Crippen LogP contribution >= 0.6 is 23.2 Å². The van der Waals surface area contributed by atoms with E-state index in [4.69, 9.17) is 27.9 Å². The van der Waals surface area contributed by atoms with Gasteiger partial charge in [0.2, 0.25) is 0 Å². The maximum atomic E-state index is 14.3. The summed E-state index contributed by atoms with van der Waals surface area (Å²) in [6.07, 6.45) is 13.1. The zero-order chi connectivity index (χ0) is 24.2. The zero-order valence-corrected chi connectivity index (χ0v) is 20.4. The lowest BCUT2D eigenvalue weighted by Gasteiger charge is -2.35. The molecule has 0 bridgehead atoms. The second kappa shape index (κ2) is 11.0. The van der Waals surface area contributed by atoms with Crippen molar-refractivity contribution in [1.29, 1.82) is 0 Å². The van der Waals surface area contributed by atoms with Gasteiger partial charge in [-0.15, -0.1) is 0 Å². The Kier molecular flexibility index (Phi) is 7.99. The predicted octanol–water partition coefficient (Wildman–Crippen LogP) is 7.31. The summed E-state index contributed by atoms with van der Waals surface area (Å²) in [5, 5.41) is 0.581. The number of carbonyl (C=O) groups excluding carboxylic acids is 1. The second-order valence-corrected chi connectivity index (χ2v) is 9.58. The average molecular weight is 507 g/mol. The van der Waals surface area contributed by atoms with Crippen LogP contribution in [-0.4, -0.2) is 22.5 Å². The summed E-state index contributed by atoms with van der Waals surface area (Å²) in [6.45, 7) is 2.11. The molecule has 180 valence electrons. The molecule has 0 amide bonds. The van der Waals surface area contributed by atoms with Gasteiger partial charge in [0.05, 0.1) is 35.0 Å². The molecular formula is C26H26Cl2F2N2O2.